The van der Waals surface area contributed by atoms with Crippen molar-refractivity contribution in [2.24, 2.45) is 0 Å². The van der Waals surface area contributed by atoms with Gasteiger partial charge in [0.1, 0.15) is 0 Å². The fourth-order valence-electron chi connectivity index (χ4n) is 3.15. The minimum atomic E-state index is -0.219. The Labute approximate surface area is 189 Å². The molecule has 0 spiro atoms. The Bertz CT molecular complexity index is 1300. The summed E-state index contributed by atoms with van der Waals surface area (Å²) in [5.41, 5.74) is 3.13. The molecule has 32 heavy (non-hydrogen) atoms. The average Bonchev–Trinajstić information content (AvgIpc) is 3.26. The molecule has 0 aliphatic rings. The summed E-state index contributed by atoms with van der Waals surface area (Å²) >= 11 is 6.19. The third-order valence-electron chi connectivity index (χ3n) is 4.90. The van der Waals surface area contributed by atoms with E-state index in [0.29, 0.717) is 35.5 Å². The standard InChI is InChI=1S/C24H21ClN4O3/c1-16-6-8-17(9-7-16)24-28-27-22(32-24)12-11-21(30)26-19-10-13-23(31)29(15-19)14-18-4-2-3-5-20(18)25/h2-10,13,15H,11-12,14H2,1H3,(H,26,30). The van der Waals surface area contributed by atoms with Crippen molar-refractivity contribution in [2.75, 3.05) is 5.32 Å². The van der Waals surface area contributed by atoms with Crippen molar-refractivity contribution in [3.63, 3.8) is 0 Å². The number of halogens is 1. The zero-order valence-electron chi connectivity index (χ0n) is 17.4. The smallest absolute Gasteiger partial charge is 0.250 e. The number of rotatable bonds is 7. The normalized spacial score (nSPS) is 10.8. The number of benzene rings is 2. The molecule has 0 unspecified atom stereocenters. The molecule has 0 aliphatic heterocycles. The molecule has 2 aromatic heterocycles. The first-order valence-corrected chi connectivity index (χ1v) is 10.5. The van der Waals surface area contributed by atoms with Crippen LogP contribution in [0, 0.1) is 6.92 Å². The largest absolute Gasteiger partial charge is 0.421 e. The highest BCUT2D eigenvalue weighted by atomic mass is 35.5. The maximum Gasteiger partial charge on any atom is 0.250 e. The Morgan fingerprint density at radius 2 is 1.84 bits per heavy atom. The fourth-order valence-corrected chi connectivity index (χ4v) is 3.35. The monoisotopic (exact) mass is 448 g/mol. The van der Waals surface area contributed by atoms with Crippen molar-refractivity contribution in [2.45, 2.75) is 26.3 Å². The van der Waals surface area contributed by atoms with Crippen LogP contribution in [-0.2, 0) is 17.8 Å². The van der Waals surface area contributed by atoms with Gasteiger partial charge in [0.25, 0.3) is 5.56 Å². The Balaban J connectivity index is 1.37. The lowest BCUT2D eigenvalue weighted by Crippen LogP contribution is -2.21. The molecule has 0 fully saturated rings. The number of carbonyl (C=O) groups is 1. The Kier molecular flexibility index (Phi) is 6.47. The lowest BCUT2D eigenvalue weighted by Gasteiger charge is -2.10. The van der Waals surface area contributed by atoms with Gasteiger partial charge in [-0.1, -0.05) is 47.5 Å². The third-order valence-corrected chi connectivity index (χ3v) is 5.27. The lowest BCUT2D eigenvalue weighted by molar-refractivity contribution is -0.116. The van der Waals surface area contributed by atoms with Gasteiger partial charge in [0.15, 0.2) is 0 Å². The van der Waals surface area contributed by atoms with Crippen molar-refractivity contribution >= 4 is 23.2 Å². The zero-order chi connectivity index (χ0) is 22.5. The average molecular weight is 449 g/mol. The summed E-state index contributed by atoms with van der Waals surface area (Å²) in [6, 6.07) is 18.1. The van der Waals surface area contributed by atoms with Crippen molar-refractivity contribution in [3.05, 3.63) is 99.3 Å². The van der Waals surface area contributed by atoms with Gasteiger partial charge in [0.05, 0.1) is 12.2 Å². The number of nitrogens with zero attached hydrogens (tertiary/aromatic N) is 3. The van der Waals surface area contributed by atoms with Gasteiger partial charge in [-0.05, 0) is 36.8 Å². The van der Waals surface area contributed by atoms with Gasteiger partial charge in [-0.25, -0.2) is 0 Å². The predicted molar refractivity (Wildman–Crippen MR) is 123 cm³/mol. The Morgan fingerprint density at radius 1 is 1.06 bits per heavy atom. The molecule has 4 aromatic rings. The summed E-state index contributed by atoms with van der Waals surface area (Å²) in [6.45, 7) is 2.32. The topological polar surface area (TPSA) is 90.0 Å². The molecule has 0 atom stereocenters. The number of aryl methyl sites for hydroxylation is 2. The van der Waals surface area contributed by atoms with E-state index in [-0.39, 0.29) is 17.9 Å². The second-order valence-electron chi connectivity index (χ2n) is 7.39. The summed E-state index contributed by atoms with van der Waals surface area (Å²) in [5.74, 6) is 0.592. The Hall–Kier alpha value is -3.71. The maximum atomic E-state index is 12.4. The van der Waals surface area contributed by atoms with E-state index in [1.54, 1.807) is 18.3 Å². The van der Waals surface area contributed by atoms with Crippen LogP contribution in [0.4, 0.5) is 5.69 Å². The second-order valence-corrected chi connectivity index (χ2v) is 7.80. The number of aromatic nitrogens is 3. The summed E-state index contributed by atoms with van der Waals surface area (Å²) < 4.78 is 7.17. The van der Waals surface area contributed by atoms with Gasteiger partial charge < -0.3 is 14.3 Å². The minimum Gasteiger partial charge on any atom is -0.421 e. The predicted octanol–water partition coefficient (Wildman–Crippen LogP) is 4.48. The van der Waals surface area contributed by atoms with Crippen molar-refractivity contribution in [1.82, 2.24) is 14.8 Å². The maximum absolute atomic E-state index is 12.4. The third kappa shape index (κ3) is 5.31. The van der Waals surface area contributed by atoms with Crippen LogP contribution in [-0.4, -0.2) is 20.7 Å². The van der Waals surface area contributed by atoms with E-state index >= 15 is 0 Å². The number of amides is 1. The van der Waals surface area contributed by atoms with Crippen LogP contribution < -0.4 is 10.9 Å². The summed E-state index contributed by atoms with van der Waals surface area (Å²) in [7, 11) is 0. The number of pyridine rings is 1. The molecular weight excluding hydrogens is 428 g/mol. The first-order valence-electron chi connectivity index (χ1n) is 10.1. The number of anilines is 1. The van der Waals surface area contributed by atoms with Crippen LogP contribution in [0.5, 0.6) is 0 Å². The van der Waals surface area contributed by atoms with Crippen LogP contribution in [0.2, 0.25) is 5.02 Å². The minimum absolute atomic E-state index is 0.166. The number of nitrogens with one attached hydrogen (secondary N) is 1. The van der Waals surface area contributed by atoms with Gasteiger partial charge in [0, 0.05) is 35.7 Å². The van der Waals surface area contributed by atoms with E-state index in [1.165, 1.54) is 10.6 Å². The number of carbonyl (C=O) groups excluding carboxylic acids is 1. The van der Waals surface area contributed by atoms with Crippen molar-refractivity contribution in [1.29, 1.82) is 0 Å². The highest BCUT2D eigenvalue weighted by Gasteiger charge is 2.11. The first kappa shape index (κ1) is 21.5. The molecule has 0 aliphatic carbocycles. The molecule has 7 nitrogen and oxygen atoms in total. The van der Waals surface area contributed by atoms with E-state index in [0.717, 1.165) is 16.7 Å². The van der Waals surface area contributed by atoms with Crippen LogP contribution in [0.1, 0.15) is 23.4 Å². The van der Waals surface area contributed by atoms with Gasteiger partial charge in [-0.3, -0.25) is 9.59 Å². The highest BCUT2D eigenvalue weighted by molar-refractivity contribution is 6.31. The molecule has 2 heterocycles. The van der Waals surface area contributed by atoms with Crippen LogP contribution in [0.3, 0.4) is 0 Å². The number of hydrogen-bond donors (Lipinski definition) is 1. The van der Waals surface area contributed by atoms with E-state index in [9.17, 15) is 9.59 Å². The molecule has 2 aromatic carbocycles. The van der Waals surface area contributed by atoms with Gasteiger partial charge >= 0.3 is 0 Å². The molecule has 162 valence electrons. The lowest BCUT2D eigenvalue weighted by atomic mass is 10.1. The Morgan fingerprint density at radius 3 is 2.62 bits per heavy atom. The molecule has 4 rings (SSSR count). The van der Waals surface area contributed by atoms with Crippen LogP contribution in [0.25, 0.3) is 11.5 Å². The van der Waals surface area contributed by atoms with E-state index in [1.807, 2.05) is 49.4 Å². The summed E-state index contributed by atoms with van der Waals surface area (Å²) in [5, 5.41) is 11.5. The molecule has 0 saturated carbocycles. The molecule has 0 bridgehead atoms. The van der Waals surface area contributed by atoms with Gasteiger partial charge in [-0.15, -0.1) is 10.2 Å². The molecule has 0 saturated heterocycles. The zero-order valence-corrected chi connectivity index (χ0v) is 18.2. The molecule has 1 amide bonds. The second kappa shape index (κ2) is 9.62. The van der Waals surface area contributed by atoms with E-state index < -0.39 is 0 Å². The van der Waals surface area contributed by atoms with Gasteiger partial charge in [-0.2, -0.15) is 0 Å². The highest BCUT2D eigenvalue weighted by Crippen LogP contribution is 2.19. The van der Waals surface area contributed by atoms with E-state index in [2.05, 4.69) is 15.5 Å². The van der Waals surface area contributed by atoms with Crippen molar-refractivity contribution in [3.8, 4) is 11.5 Å². The number of hydrogen-bond acceptors (Lipinski definition) is 5. The first-order chi connectivity index (χ1) is 15.5. The van der Waals surface area contributed by atoms with Crippen LogP contribution >= 0.6 is 11.6 Å². The summed E-state index contributed by atoms with van der Waals surface area (Å²) in [6.07, 6.45) is 2.08. The SMILES string of the molecule is Cc1ccc(-c2nnc(CCC(=O)Nc3ccc(=O)n(Cc4ccccc4Cl)c3)o2)cc1. The summed E-state index contributed by atoms with van der Waals surface area (Å²) in [4.78, 5) is 24.6. The molecule has 8 heteroatoms. The fraction of sp³-hybridized carbons (Fsp3) is 0.167. The van der Waals surface area contributed by atoms with E-state index in [4.69, 9.17) is 16.0 Å². The van der Waals surface area contributed by atoms with Crippen molar-refractivity contribution < 1.29 is 9.21 Å². The molecule has 0 radical (unpaired) electrons. The van der Waals surface area contributed by atoms with Crippen LogP contribution in [0.15, 0.2) is 76.1 Å². The van der Waals surface area contributed by atoms with Gasteiger partial charge in [0.2, 0.25) is 17.7 Å². The quantitative estimate of drug-likeness (QED) is 0.450. The molecule has 1 N–H and O–H groups in total. The molecular formula is C24H21ClN4O3.